The van der Waals surface area contributed by atoms with Crippen LogP contribution in [0, 0.1) is 5.41 Å². The van der Waals surface area contributed by atoms with Gasteiger partial charge in [-0.3, -0.25) is 9.69 Å². The largest absolute Gasteiger partial charge is 0.456 e. The number of cyclic esters (lactones) is 1. The molecular formula is C20H28N2O6. The Kier molecular flexibility index (Phi) is 4.45. The van der Waals surface area contributed by atoms with Gasteiger partial charge in [-0.2, -0.15) is 0 Å². The van der Waals surface area contributed by atoms with Crippen molar-refractivity contribution in [1.29, 1.82) is 0 Å². The second-order valence-electron chi connectivity index (χ2n) is 9.28. The number of carbonyl (C=O) groups is 3. The lowest BCUT2D eigenvalue weighted by molar-refractivity contribution is -0.148. The third-order valence-corrected chi connectivity index (χ3v) is 6.18. The molecule has 8 nitrogen and oxygen atoms in total. The number of esters is 1. The summed E-state index contributed by atoms with van der Waals surface area (Å²) in [6.07, 6.45) is 1.49. The zero-order valence-electron chi connectivity index (χ0n) is 16.9. The van der Waals surface area contributed by atoms with Crippen molar-refractivity contribution in [3.63, 3.8) is 0 Å². The molecule has 0 radical (unpaired) electrons. The summed E-state index contributed by atoms with van der Waals surface area (Å²) in [6.45, 7) is 8.81. The molecule has 2 amide bonds. The Morgan fingerprint density at radius 3 is 2.36 bits per heavy atom. The Morgan fingerprint density at radius 1 is 1.18 bits per heavy atom. The van der Waals surface area contributed by atoms with Gasteiger partial charge in [0.1, 0.15) is 12.2 Å². The van der Waals surface area contributed by atoms with Crippen LogP contribution in [0.15, 0.2) is 11.3 Å². The topological polar surface area (TPSA) is 85.4 Å². The van der Waals surface area contributed by atoms with Gasteiger partial charge in [-0.1, -0.05) is 0 Å². The number of hydrogen-bond acceptors (Lipinski definition) is 6. The maximum Gasteiger partial charge on any atom is 0.410 e. The summed E-state index contributed by atoms with van der Waals surface area (Å²) in [5.41, 5.74) is 0.111. The lowest BCUT2D eigenvalue weighted by Gasteiger charge is -2.51. The molecule has 4 aliphatic heterocycles. The first kappa shape index (κ1) is 19.2. The fraction of sp³-hybridized carbons (Fsp3) is 0.750. The molecule has 3 fully saturated rings. The van der Waals surface area contributed by atoms with Crippen LogP contribution in [-0.2, 0) is 23.8 Å². The van der Waals surface area contributed by atoms with Crippen LogP contribution in [0.5, 0.6) is 0 Å². The van der Waals surface area contributed by atoms with Gasteiger partial charge in [-0.25, -0.2) is 9.59 Å². The molecule has 0 N–H and O–H groups in total. The highest BCUT2D eigenvalue weighted by molar-refractivity contribution is 5.94. The highest BCUT2D eigenvalue weighted by Crippen LogP contribution is 2.49. The average molecular weight is 392 g/mol. The first-order valence-electron chi connectivity index (χ1n) is 9.89. The summed E-state index contributed by atoms with van der Waals surface area (Å²) in [5.74, 6) is -0.311. The van der Waals surface area contributed by atoms with E-state index in [4.69, 9.17) is 14.2 Å². The highest BCUT2D eigenvalue weighted by atomic mass is 16.6. The quantitative estimate of drug-likeness (QED) is 0.633. The Hall–Kier alpha value is -2.09. The van der Waals surface area contributed by atoms with Gasteiger partial charge in [0.25, 0.3) is 0 Å². The highest BCUT2D eigenvalue weighted by Gasteiger charge is 2.57. The lowest BCUT2D eigenvalue weighted by Crippen LogP contribution is -2.63. The van der Waals surface area contributed by atoms with Gasteiger partial charge in [0, 0.05) is 6.54 Å². The number of likely N-dealkylation sites (tertiary alicyclic amines) is 1. The minimum atomic E-state index is -0.569. The predicted molar refractivity (Wildman–Crippen MR) is 98.1 cm³/mol. The molecule has 0 aromatic carbocycles. The number of carbonyl (C=O) groups excluding carboxylic acids is 3. The number of nitrogens with zero attached hydrogens (tertiary/aromatic N) is 2. The first-order chi connectivity index (χ1) is 13.1. The van der Waals surface area contributed by atoms with Crippen molar-refractivity contribution in [2.75, 3.05) is 26.4 Å². The van der Waals surface area contributed by atoms with Crippen LogP contribution in [0.4, 0.5) is 4.79 Å². The predicted octanol–water partition coefficient (Wildman–Crippen LogP) is 1.83. The van der Waals surface area contributed by atoms with Crippen LogP contribution in [0.25, 0.3) is 0 Å². The van der Waals surface area contributed by atoms with Crippen LogP contribution in [0.2, 0.25) is 0 Å². The monoisotopic (exact) mass is 392 g/mol. The number of amides is 2. The summed E-state index contributed by atoms with van der Waals surface area (Å²) in [5, 5.41) is 0. The normalized spacial score (nSPS) is 33.0. The van der Waals surface area contributed by atoms with Crippen molar-refractivity contribution in [3.05, 3.63) is 11.3 Å². The second kappa shape index (κ2) is 6.47. The van der Waals surface area contributed by atoms with E-state index >= 15 is 0 Å². The lowest BCUT2D eigenvalue weighted by atomic mass is 9.70. The van der Waals surface area contributed by atoms with E-state index in [-0.39, 0.29) is 36.7 Å². The van der Waals surface area contributed by atoms with E-state index in [2.05, 4.69) is 0 Å². The maximum absolute atomic E-state index is 13.4. The molecule has 0 saturated carbocycles. The van der Waals surface area contributed by atoms with Crippen LogP contribution in [-0.4, -0.2) is 71.8 Å². The average Bonchev–Trinajstić information content (AvgIpc) is 3.06. The van der Waals surface area contributed by atoms with E-state index < -0.39 is 11.0 Å². The minimum Gasteiger partial charge on any atom is -0.456 e. The summed E-state index contributed by atoms with van der Waals surface area (Å²) >= 11 is 0. The second-order valence-corrected chi connectivity index (χ2v) is 9.28. The number of morpholine rings is 1. The maximum atomic E-state index is 13.4. The van der Waals surface area contributed by atoms with Crippen LogP contribution in [0.1, 0.15) is 47.0 Å². The van der Waals surface area contributed by atoms with Crippen LogP contribution in [0.3, 0.4) is 0 Å². The molecule has 4 rings (SSSR count). The Labute approximate surface area is 164 Å². The molecule has 3 saturated heterocycles. The molecule has 8 heteroatoms. The third-order valence-electron chi connectivity index (χ3n) is 6.18. The molecule has 4 heterocycles. The zero-order chi connectivity index (χ0) is 20.3. The van der Waals surface area contributed by atoms with E-state index in [9.17, 15) is 14.4 Å². The molecule has 0 aromatic rings. The molecule has 4 aliphatic rings. The number of piperidine rings is 1. The SMILES string of the molecule is CC1=C(N2CCC3(C[C@H]4COC[C@@H](C3)N4C(=O)OC(C)(C)C)C2=O)COC1=O. The summed E-state index contributed by atoms with van der Waals surface area (Å²) in [6, 6.07) is -0.356. The van der Waals surface area contributed by atoms with Crippen LogP contribution < -0.4 is 0 Å². The number of rotatable bonds is 1. The molecule has 3 atom stereocenters. The minimum absolute atomic E-state index is 0.0425. The molecular weight excluding hydrogens is 364 g/mol. The molecule has 0 aliphatic carbocycles. The van der Waals surface area contributed by atoms with E-state index in [0.29, 0.717) is 50.3 Å². The van der Waals surface area contributed by atoms with E-state index in [1.165, 1.54) is 0 Å². The number of fused-ring (bicyclic) bond motifs is 2. The van der Waals surface area contributed by atoms with Gasteiger partial charge in [-0.05, 0) is 47.0 Å². The molecule has 2 bridgehead atoms. The number of ether oxygens (including phenoxy) is 3. The van der Waals surface area contributed by atoms with Gasteiger partial charge < -0.3 is 19.1 Å². The number of hydrogen-bond donors (Lipinski definition) is 0. The van der Waals surface area contributed by atoms with E-state index in [1.807, 2.05) is 20.8 Å². The standard InChI is InChI=1S/C20H28N2O6/c1-12-15(11-27-16(12)23)21-6-5-20(17(21)24)7-13-9-26-10-14(8-20)22(13)18(25)28-19(2,3)4/h13-14H,5-11H2,1-4H3/t13-,14+,20?. The Morgan fingerprint density at radius 2 is 1.82 bits per heavy atom. The van der Waals surface area contributed by atoms with Crippen molar-refractivity contribution in [1.82, 2.24) is 9.80 Å². The smallest absolute Gasteiger partial charge is 0.410 e. The van der Waals surface area contributed by atoms with Crippen LogP contribution >= 0.6 is 0 Å². The van der Waals surface area contributed by atoms with E-state index in [1.54, 1.807) is 16.7 Å². The fourth-order valence-electron chi connectivity index (χ4n) is 4.92. The van der Waals surface area contributed by atoms with Gasteiger partial charge in [0.15, 0.2) is 0 Å². The molecule has 0 aromatic heterocycles. The van der Waals surface area contributed by atoms with Crippen molar-refractivity contribution >= 4 is 18.0 Å². The van der Waals surface area contributed by atoms with Crippen molar-refractivity contribution in [3.8, 4) is 0 Å². The van der Waals surface area contributed by atoms with Crippen molar-refractivity contribution in [2.45, 2.75) is 64.6 Å². The Balaban J connectivity index is 1.55. The van der Waals surface area contributed by atoms with Crippen molar-refractivity contribution < 1.29 is 28.6 Å². The van der Waals surface area contributed by atoms with Gasteiger partial charge in [0.05, 0.1) is 42.0 Å². The van der Waals surface area contributed by atoms with Gasteiger partial charge in [-0.15, -0.1) is 0 Å². The van der Waals surface area contributed by atoms with Gasteiger partial charge in [0.2, 0.25) is 5.91 Å². The summed E-state index contributed by atoms with van der Waals surface area (Å²) < 4.78 is 16.4. The van der Waals surface area contributed by atoms with E-state index in [0.717, 1.165) is 0 Å². The fourth-order valence-corrected chi connectivity index (χ4v) is 4.92. The Bertz CT molecular complexity index is 738. The first-order valence-corrected chi connectivity index (χ1v) is 9.89. The zero-order valence-corrected chi connectivity index (χ0v) is 16.9. The molecule has 1 unspecified atom stereocenters. The molecule has 28 heavy (non-hydrogen) atoms. The third kappa shape index (κ3) is 3.07. The summed E-state index contributed by atoms with van der Waals surface area (Å²) in [7, 11) is 0. The molecule has 154 valence electrons. The molecule has 1 spiro atoms. The summed E-state index contributed by atoms with van der Waals surface area (Å²) in [4.78, 5) is 41.4. The van der Waals surface area contributed by atoms with Gasteiger partial charge >= 0.3 is 12.1 Å². The van der Waals surface area contributed by atoms with Crippen molar-refractivity contribution in [2.24, 2.45) is 5.41 Å².